The summed E-state index contributed by atoms with van der Waals surface area (Å²) < 4.78 is 5.34. The lowest BCUT2D eigenvalue weighted by molar-refractivity contribution is 0.974. The average molecular weight is 313 g/mol. The molecule has 2 heteroatoms. The van der Waals surface area contributed by atoms with Crippen molar-refractivity contribution in [2.45, 2.75) is 52.1 Å². The summed E-state index contributed by atoms with van der Waals surface area (Å²) in [5.74, 6) is 0. The van der Waals surface area contributed by atoms with Crippen molar-refractivity contribution in [1.82, 2.24) is 0 Å². The van der Waals surface area contributed by atoms with Gasteiger partial charge in [-0.2, -0.15) is 0 Å². The van der Waals surface area contributed by atoms with Gasteiger partial charge in [0.2, 0.25) is 0 Å². The van der Waals surface area contributed by atoms with Crippen LogP contribution in [0.15, 0.2) is 59.3 Å². The standard InChI is InChI=1S/C20H28NP/c1-16(2)22(17(3)4,15-19-9-7-6-8-10-19)21-20-13-11-18(5)12-14-20/h6-14,16-17H,15H2,1-5H3. The third-order valence-electron chi connectivity index (χ3n) is 4.40. The molecule has 0 heterocycles. The highest BCUT2D eigenvalue weighted by Crippen LogP contribution is 2.62. The van der Waals surface area contributed by atoms with Crippen LogP contribution < -0.4 is 0 Å². The Hall–Kier alpha value is -1.33. The highest BCUT2D eigenvalue weighted by molar-refractivity contribution is 7.67. The van der Waals surface area contributed by atoms with Crippen LogP contribution in [0.1, 0.15) is 38.8 Å². The largest absolute Gasteiger partial charge is 0.267 e. The normalized spacial score (nSPS) is 12.0. The number of hydrogen-bond donors (Lipinski definition) is 0. The lowest BCUT2D eigenvalue weighted by Crippen LogP contribution is -2.11. The van der Waals surface area contributed by atoms with Gasteiger partial charge in [0.15, 0.2) is 0 Å². The van der Waals surface area contributed by atoms with Crippen molar-refractivity contribution in [1.29, 1.82) is 0 Å². The zero-order chi connectivity index (χ0) is 16.2. The number of aryl methyl sites for hydroxylation is 1. The lowest BCUT2D eigenvalue weighted by atomic mass is 10.2. The van der Waals surface area contributed by atoms with Crippen LogP contribution in [0.5, 0.6) is 0 Å². The van der Waals surface area contributed by atoms with Gasteiger partial charge in [-0.25, -0.2) is 0 Å². The Morgan fingerprint density at radius 1 is 0.818 bits per heavy atom. The van der Waals surface area contributed by atoms with E-state index in [-0.39, 0.29) is 0 Å². The minimum Gasteiger partial charge on any atom is -0.267 e. The van der Waals surface area contributed by atoms with Crippen molar-refractivity contribution < 1.29 is 0 Å². The Bertz CT molecular complexity index is 627. The zero-order valence-electron chi connectivity index (χ0n) is 14.5. The maximum Gasteiger partial charge on any atom is 0.0614 e. The topological polar surface area (TPSA) is 12.4 Å². The van der Waals surface area contributed by atoms with Crippen LogP contribution >= 0.6 is 7.05 Å². The van der Waals surface area contributed by atoms with E-state index in [9.17, 15) is 0 Å². The Balaban J connectivity index is 2.51. The van der Waals surface area contributed by atoms with E-state index in [4.69, 9.17) is 4.74 Å². The molecule has 0 unspecified atom stereocenters. The summed E-state index contributed by atoms with van der Waals surface area (Å²) in [6, 6.07) is 19.5. The Morgan fingerprint density at radius 2 is 1.36 bits per heavy atom. The molecule has 0 aromatic heterocycles. The SMILES string of the molecule is Cc1ccc(N=P(Cc2ccccc2)(C(C)C)C(C)C)cc1. The first-order valence-electron chi connectivity index (χ1n) is 8.15. The summed E-state index contributed by atoms with van der Waals surface area (Å²) in [4.78, 5) is 0. The van der Waals surface area contributed by atoms with Crippen LogP contribution in [0.4, 0.5) is 5.69 Å². The summed E-state index contributed by atoms with van der Waals surface area (Å²) in [5.41, 5.74) is 5.02. The summed E-state index contributed by atoms with van der Waals surface area (Å²) in [6.45, 7) is 11.5. The quantitative estimate of drug-likeness (QED) is 0.535. The molecule has 22 heavy (non-hydrogen) atoms. The van der Waals surface area contributed by atoms with E-state index in [1.165, 1.54) is 11.1 Å². The lowest BCUT2D eigenvalue weighted by Gasteiger charge is -2.33. The minimum absolute atomic E-state index is 0.592. The molecular weight excluding hydrogens is 285 g/mol. The van der Waals surface area contributed by atoms with E-state index in [1.807, 2.05) is 0 Å². The van der Waals surface area contributed by atoms with Gasteiger partial charge in [0.05, 0.1) is 5.69 Å². The molecule has 0 aliphatic carbocycles. The fraction of sp³-hybridized carbons (Fsp3) is 0.400. The molecule has 0 amide bonds. The van der Waals surface area contributed by atoms with Crippen molar-refractivity contribution in [2.75, 3.05) is 0 Å². The van der Waals surface area contributed by atoms with Gasteiger partial charge >= 0.3 is 0 Å². The maximum atomic E-state index is 5.34. The van der Waals surface area contributed by atoms with Crippen LogP contribution in [0.3, 0.4) is 0 Å². The van der Waals surface area contributed by atoms with Crippen LogP contribution in [-0.4, -0.2) is 11.3 Å². The fourth-order valence-electron chi connectivity index (χ4n) is 2.93. The molecule has 0 atom stereocenters. The summed E-state index contributed by atoms with van der Waals surface area (Å²) >= 11 is 0. The van der Waals surface area contributed by atoms with E-state index in [0.29, 0.717) is 11.3 Å². The molecule has 0 radical (unpaired) electrons. The molecule has 0 spiro atoms. The van der Waals surface area contributed by atoms with Gasteiger partial charge in [-0.3, -0.25) is 4.74 Å². The van der Waals surface area contributed by atoms with Crippen LogP contribution in [0, 0.1) is 6.92 Å². The number of rotatable bonds is 5. The number of benzene rings is 2. The first-order chi connectivity index (χ1) is 10.4. The highest BCUT2D eigenvalue weighted by Gasteiger charge is 2.28. The molecule has 0 N–H and O–H groups in total. The van der Waals surface area contributed by atoms with Crippen LogP contribution in [-0.2, 0) is 6.16 Å². The first-order valence-corrected chi connectivity index (χ1v) is 10.2. The second-order valence-corrected chi connectivity index (χ2v) is 11.0. The predicted octanol–water partition coefficient (Wildman–Crippen LogP) is 6.84. The van der Waals surface area contributed by atoms with Crippen molar-refractivity contribution in [3.63, 3.8) is 0 Å². The van der Waals surface area contributed by atoms with Gasteiger partial charge in [-0.05, 0) is 43.0 Å². The van der Waals surface area contributed by atoms with Gasteiger partial charge in [0.1, 0.15) is 0 Å². The third kappa shape index (κ3) is 3.90. The molecule has 118 valence electrons. The van der Waals surface area contributed by atoms with Gasteiger partial charge in [0, 0.05) is 6.16 Å². The predicted molar refractivity (Wildman–Crippen MR) is 101 cm³/mol. The average Bonchev–Trinajstić information content (AvgIpc) is 2.49. The smallest absolute Gasteiger partial charge is 0.0614 e. The number of nitrogens with zero attached hydrogens (tertiary/aromatic N) is 1. The molecular formula is C20H28NP. The molecule has 0 aliphatic rings. The van der Waals surface area contributed by atoms with E-state index < -0.39 is 7.05 Å². The molecule has 0 saturated carbocycles. The van der Waals surface area contributed by atoms with Gasteiger partial charge < -0.3 is 0 Å². The zero-order valence-corrected chi connectivity index (χ0v) is 15.3. The summed E-state index contributed by atoms with van der Waals surface area (Å²) in [5, 5.41) is 0. The third-order valence-corrected chi connectivity index (χ3v) is 9.45. The van der Waals surface area contributed by atoms with Crippen molar-refractivity contribution >= 4 is 12.7 Å². The second kappa shape index (κ2) is 7.29. The van der Waals surface area contributed by atoms with Crippen molar-refractivity contribution in [3.8, 4) is 0 Å². The molecule has 0 bridgehead atoms. The molecule has 2 aromatic carbocycles. The van der Waals surface area contributed by atoms with E-state index >= 15 is 0 Å². The van der Waals surface area contributed by atoms with E-state index in [1.54, 1.807) is 0 Å². The Morgan fingerprint density at radius 3 is 1.86 bits per heavy atom. The molecule has 0 fully saturated rings. The van der Waals surface area contributed by atoms with E-state index in [2.05, 4.69) is 89.2 Å². The van der Waals surface area contributed by atoms with Crippen LogP contribution in [0.2, 0.25) is 0 Å². The Labute approximate surface area is 135 Å². The Kier molecular flexibility index (Phi) is 5.64. The molecule has 2 aromatic rings. The first kappa shape index (κ1) is 17.0. The summed E-state index contributed by atoms with van der Waals surface area (Å²) in [7, 11) is -1.47. The second-order valence-electron chi connectivity index (χ2n) is 6.65. The van der Waals surface area contributed by atoms with E-state index in [0.717, 1.165) is 11.8 Å². The monoisotopic (exact) mass is 313 g/mol. The molecule has 0 saturated heterocycles. The minimum atomic E-state index is -1.47. The van der Waals surface area contributed by atoms with Crippen LogP contribution in [0.25, 0.3) is 0 Å². The highest BCUT2D eigenvalue weighted by atomic mass is 31.2. The fourth-order valence-corrected chi connectivity index (χ4v) is 6.74. The number of hydrogen-bond acceptors (Lipinski definition) is 1. The van der Waals surface area contributed by atoms with Gasteiger partial charge in [-0.1, -0.05) is 75.7 Å². The van der Waals surface area contributed by atoms with Gasteiger partial charge in [0.25, 0.3) is 0 Å². The van der Waals surface area contributed by atoms with Crippen molar-refractivity contribution in [2.24, 2.45) is 4.74 Å². The summed E-state index contributed by atoms with van der Waals surface area (Å²) in [6.07, 6.45) is 1.09. The maximum absolute atomic E-state index is 5.34. The molecule has 0 aliphatic heterocycles. The van der Waals surface area contributed by atoms with Crippen molar-refractivity contribution in [3.05, 3.63) is 65.7 Å². The van der Waals surface area contributed by atoms with Gasteiger partial charge in [-0.15, -0.1) is 0 Å². The molecule has 1 nitrogen and oxygen atoms in total. The molecule has 2 rings (SSSR count).